The Morgan fingerprint density at radius 1 is 1.15 bits per heavy atom. The van der Waals surface area contributed by atoms with Crippen LogP contribution in [0.2, 0.25) is 0 Å². The summed E-state index contributed by atoms with van der Waals surface area (Å²) in [5.74, 6) is 0.564. The van der Waals surface area contributed by atoms with Gasteiger partial charge in [-0.05, 0) is 60.8 Å². The Labute approximate surface area is 164 Å². The van der Waals surface area contributed by atoms with Gasteiger partial charge in [0.1, 0.15) is 17.3 Å². The molecule has 0 aromatic heterocycles. The molecule has 0 atom stereocenters. The molecule has 1 heterocycles. The summed E-state index contributed by atoms with van der Waals surface area (Å²) in [4.78, 5) is 12.1. The highest BCUT2D eigenvalue weighted by Gasteiger charge is 2.17. The Morgan fingerprint density at radius 2 is 1.85 bits per heavy atom. The lowest BCUT2D eigenvalue weighted by molar-refractivity contribution is -0.118. The van der Waals surface area contributed by atoms with E-state index in [9.17, 15) is 9.18 Å². The van der Waals surface area contributed by atoms with Gasteiger partial charge in [0.25, 0.3) is 5.91 Å². The number of rotatable bonds is 7. The van der Waals surface area contributed by atoms with Gasteiger partial charge in [-0.15, -0.1) is 12.4 Å². The Bertz CT molecular complexity index is 769. The van der Waals surface area contributed by atoms with Crippen LogP contribution in [-0.2, 0) is 17.8 Å². The predicted octanol–water partition coefficient (Wildman–Crippen LogP) is 3.70. The summed E-state index contributed by atoms with van der Waals surface area (Å²) in [6, 6.07) is 10.5. The number of nitrogens with one attached hydrogen (secondary N) is 2. The number of hydrogen-bond donors (Lipinski definition) is 2. The van der Waals surface area contributed by atoms with Crippen LogP contribution in [0, 0.1) is 5.82 Å². The van der Waals surface area contributed by atoms with Crippen LogP contribution in [0.1, 0.15) is 24.5 Å². The summed E-state index contributed by atoms with van der Waals surface area (Å²) in [5.41, 5.74) is 1.81. The first-order valence-corrected chi connectivity index (χ1v) is 8.84. The van der Waals surface area contributed by atoms with Crippen LogP contribution in [0.3, 0.4) is 0 Å². The quantitative estimate of drug-likeness (QED) is 0.751. The molecular formula is C20H24ClFN2O3. The monoisotopic (exact) mass is 394 g/mol. The van der Waals surface area contributed by atoms with Crippen LogP contribution >= 0.6 is 12.4 Å². The van der Waals surface area contributed by atoms with Crippen molar-refractivity contribution < 1.29 is 18.7 Å². The lowest BCUT2D eigenvalue weighted by atomic mass is 9.99. The fourth-order valence-corrected chi connectivity index (χ4v) is 2.82. The van der Waals surface area contributed by atoms with E-state index in [2.05, 4.69) is 10.6 Å². The average Bonchev–Trinajstić information content (AvgIpc) is 2.68. The van der Waals surface area contributed by atoms with Crippen molar-refractivity contribution in [3.63, 3.8) is 0 Å². The third kappa shape index (κ3) is 5.58. The minimum atomic E-state index is -0.399. The molecule has 0 saturated carbocycles. The van der Waals surface area contributed by atoms with Crippen molar-refractivity contribution in [2.75, 3.05) is 25.1 Å². The van der Waals surface area contributed by atoms with E-state index in [0.29, 0.717) is 30.9 Å². The van der Waals surface area contributed by atoms with E-state index in [-0.39, 0.29) is 30.5 Å². The summed E-state index contributed by atoms with van der Waals surface area (Å²) in [6.07, 6.45) is 1.56. The number of fused-ring (bicyclic) bond motifs is 1. The van der Waals surface area contributed by atoms with Crippen LogP contribution in [-0.4, -0.2) is 25.7 Å². The molecule has 1 amide bonds. The molecule has 3 rings (SSSR count). The summed E-state index contributed by atoms with van der Waals surface area (Å²) in [7, 11) is 0. The molecule has 7 heteroatoms. The lowest BCUT2D eigenvalue weighted by Gasteiger charge is -2.19. The molecule has 2 aromatic rings. The van der Waals surface area contributed by atoms with E-state index in [1.54, 1.807) is 30.3 Å². The summed E-state index contributed by atoms with van der Waals surface area (Å²) < 4.78 is 25.5. The summed E-state index contributed by atoms with van der Waals surface area (Å²) in [6.45, 7) is 3.90. The topological polar surface area (TPSA) is 59.6 Å². The zero-order chi connectivity index (χ0) is 18.4. The molecule has 0 unspecified atom stereocenters. The lowest BCUT2D eigenvalue weighted by Crippen LogP contribution is -2.26. The molecule has 0 aliphatic carbocycles. The maximum atomic E-state index is 14.5. The molecule has 2 aromatic carbocycles. The predicted molar refractivity (Wildman–Crippen MR) is 105 cm³/mol. The summed E-state index contributed by atoms with van der Waals surface area (Å²) in [5, 5.41) is 5.78. The van der Waals surface area contributed by atoms with Crippen LogP contribution in [0.15, 0.2) is 36.4 Å². The second kappa shape index (κ2) is 10.1. The Kier molecular flexibility index (Phi) is 7.88. The number of halogens is 2. The normalized spacial score (nSPS) is 12.5. The van der Waals surface area contributed by atoms with Crippen LogP contribution in [0.4, 0.5) is 10.1 Å². The van der Waals surface area contributed by atoms with Crippen molar-refractivity contribution in [1.82, 2.24) is 5.32 Å². The number of hydrogen-bond acceptors (Lipinski definition) is 4. The van der Waals surface area contributed by atoms with Crippen LogP contribution < -0.4 is 20.1 Å². The summed E-state index contributed by atoms with van der Waals surface area (Å²) >= 11 is 0. The highest BCUT2D eigenvalue weighted by molar-refractivity contribution is 5.92. The van der Waals surface area contributed by atoms with Gasteiger partial charge < -0.3 is 20.1 Å². The number of ether oxygens (including phenoxy) is 2. The van der Waals surface area contributed by atoms with Crippen molar-refractivity contribution in [3.8, 4) is 11.5 Å². The van der Waals surface area contributed by atoms with Gasteiger partial charge in [0, 0.05) is 6.54 Å². The molecule has 0 spiro atoms. The van der Waals surface area contributed by atoms with E-state index in [1.165, 1.54) is 0 Å². The third-order valence-corrected chi connectivity index (χ3v) is 4.15. The number of amides is 1. The van der Waals surface area contributed by atoms with Gasteiger partial charge in [-0.2, -0.15) is 0 Å². The number of carbonyl (C=O) groups is 1. The third-order valence-electron chi connectivity index (χ3n) is 4.15. The van der Waals surface area contributed by atoms with Crippen LogP contribution in [0.5, 0.6) is 11.5 Å². The molecule has 0 radical (unpaired) electrons. The Balaban J connectivity index is 0.00000261. The molecule has 27 heavy (non-hydrogen) atoms. The van der Waals surface area contributed by atoms with Gasteiger partial charge in [-0.25, -0.2) is 4.39 Å². The highest BCUT2D eigenvalue weighted by atomic mass is 35.5. The van der Waals surface area contributed by atoms with Crippen molar-refractivity contribution in [2.45, 2.75) is 26.3 Å². The van der Waals surface area contributed by atoms with Crippen molar-refractivity contribution >= 4 is 24.0 Å². The fraction of sp³-hybridized carbons (Fsp3) is 0.350. The van der Waals surface area contributed by atoms with Gasteiger partial charge in [0.15, 0.2) is 6.61 Å². The molecule has 0 fully saturated rings. The smallest absolute Gasteiger partial charge is 0.262 e. The molecule has 1 aliphatic rings. The number of carbonyl (C=O) groups excluding carboxylic acids is 1. The molecular weight excluding hydrogens is 371 g/mol. The second-order valence-corrected chi connectivity index (χ2v) is 6.15. The largest absolute Gasteiger partial charge is 0.494 e. The van der Waals surface area contributed by atoms with E-state index in [1.807, 2.05) is 13.0 Å². The number of benzene rings is 2. The maximum Gasteiger partial charge on any atom is 0.262 e. The highest BCUT2D eigenvalue weighted by Crippen LogP contribution is 2.24. The van der Waals surface area contributed by atoms with Gasteiger partial charge in [-0.3, -0.25) is 4.79 Å². The Hall–Kier alpha value is -2.31. The van der Waals surface area contributed by atoms with Crippen molar-refractivity contribution in [1.29, 1.82) is 0 Å². The van der Waals surface area contributed by atoms with Crippen LogP contribution in [0.25, 0.3) is 0 Å². The van der Waals surface area contributed by atoms with Gasteiger partial charge in [-0.1, -0.05) is 13.0 Å². The van der Waals surface area contributed by atoms with E-state index >= 15 is 0 Å². The fourth-order valence-electron chi connectivity index (χ4n) is 2.82. The molecule has 5 nitrogen and oxygen atoms in total. The SMILES string of the molecule is CCCOc1ccc(OCC(=O)Nc2ccc3c(c2F)CCNC3)cc1.Cl. The van der Waals surface area contributed by atoms with Gasteiger partial charge >= 0.3 is 0 Å². The van der Waals surface area contributed by atoms with Crippen molar-refractivity contribution in [3.05, 3.63) is 53.3 Å². The zero-order valence-corrected chi connectivity index (χ0v) is 16.0. The molecule has 0 saturated heterocycles. The van der Waals surface area contributed by atoms with Gasteiger partial charge in [0.05, 0.1) is 12.3 Å². The average molecular weight is 395 g/mol. The van der Waals surface area contributed by atoms with Gasteiger partial charge in [0.2, 0.25) is 0 Å². The van der Waals surface area contributed by atoms with E-state index in [4.69, 9.17) is 9.47 Å². The zero-order valence-electron chi connectivity index (χ0n) is 15.2. The maximum absolute atomic E-state index is 14.5. The van der Waals surface area contributed by atoms with Crippen molar-refractivity contribution in [2.24, 2.45) is 0 Å². The first-order valence-electron chi connectivity index (χ1n) is 8.84. The van der Waals surface area contributed by atoms with E-state index < -0.39 is 5.91 Å². The first kappa shape index (κ1) is 21.0. The second-order valence-electron chi connectivity index (χ2n) is 6.15. The molecule has 146 valence electrons. The molecule has 1 aliphatic heterocycles. The molecule has 0 bridgehead atoms. The number of anilines is 1. The molecule has 2 N–H and O–H groups in total. The van der Waals surface area contributed by atoms with E-state index in [0.717, 1.165) is 24.3 Å². The Morgan fingerprint density at radius 3 is 2.56 bits per heavy atom. The minimum Gasteiger partial charge on any atom is -0.494 e. The first-order chi connectivity index (χ1) is 12.7. The minimum absolute atomic E-state index is 0. The standard InChI is InChI=1S/C20H23FN2O3.ClH/c1-2-11-25-15-4-6-16(7-5-15)26-13-19(24)23-18-8-3-14-12-22-10-9-17(14)20(18)21;/h3-8,22H,2,9-13H2,1H3,(H,23,24);1H.